The molecule has 2 N–H and O–H groups in total. The first-order valence-corrected chi connectivity index (χ1v) is 6.27. The molecule has 1 rings (SSSR count). The van der Waals surface area contributed by atoms with Crippen molar-refractivity contribution in [2.24, 2.45) is 5.92 Å². The summed E-state index contributed by atoms with van der Waals surface area (Å²) in [6.07, 6.45) is 1.13. The predicted octanol–water partition coefficient (Wildman–Crippen LogP) is 0.441. The zero-order valence-electron chi connectivity index (χ0n) is 10.9. The van der Waals surface area contributed by atoms with E-state index in [-0.39, 0.29) is 11.9 Å². The summed E-state index contributed by atoms with van der Waals surface area (Å²) in [5.74, 6) is 0.712. The van der Waals surface area contributed by atoms with Crippen LogP contribution in [-0.4, -0.2) is 49.6 Å². The molecule has 0 bridgehead atoms. The fraction of sp³-hybridized carbons (Fsp3) is 0.917. The molecule has 0 saturated carbocycles. The van der Waals surface area contributed by atoms with Crippen molar-refractivity contribution in [1.82, 2.24) is 15.5 Å². The van der Waals surface area contributed by atoms with E-state index in [9.17, 15) is 4.79 Å². The largest absolute Gasteiger partial charge is 0.355 e. The fourth-order valence-corrected chi connectivity index (χ4v) is 2.33. The van der Waals surface area contributed by atoms with Gasteiger partial charge in [-0.3, -0.25) is 4.79 Å². The second kappa shape index (κ2) is 6.21. The third kappa shape index (κ3) is 3.76. The highest BCUT2D eigenvalue weighted by Crippen LogP contribution is 2.15. The third-order valence-corrected chi connectivity index (χ3v) is 3.32. The Labute approximate surface area is 98.8 Å². The van der Waals surface area contributed by atoms with E-state index < -0.39 is 0 Å². The SMILES string of the molecule is CCNC(=O)C(C)NC1CCN(C)CC1C. The van der Waals surface area contributed by atoms with E-state index in [2.05, 4.69) is 29.5 Å². The van der Waals surface area contributed by atoms with Crippen LogP contribution < -0.4 is 10.6 Å². The summed E-state index contributed by atoms with van der Waals surface area (Å²) in [6, 6.07) is 0.379. The van der Waals surface area contributed by atoms with Gasteiger partial charge in [0.2, 0.25) is 5.91 Å². The minimum atomic E-state index is -0.0872. The lowest BCUT2D eigenvalue weighted by molar-refractivity contribution is -0.123. The van der Waals surface area contributed by atoms with Gasteiger partial charge in [0.05, 0.1) is 6.04 Å². The Hall–Kier alpha value is -0.610. The molecule has 4 heteroatoms. The Morgan fingerprint density at radius 3 is 2.81 bits per heavy atom. The average molecular weight is 227 g/mol. The second-order valence-corrected chi connectivity index (χ2v) is 4.92. The number of amides is 1. The summed E-state index contributed by atoms with van der Waals surface area (Å²) < 4.78 is 0. The molecule has 94 valence electrons. The summed E-state index contributed by atoms with van der Waals surface area (Å²) in [6.45, 7) is 9.06. The van der Waals surface area contributed by atoms with E-state index >= 15 is 0 Å². The number of hydrogen-bond donors (Lipinski definition) is 2. The van der Waals surface area contributed by atoms with E-state index in [1.165, 1.54) is 0 Å². The van der Waals surface area contributed by atoms with Crippen LogP contribution >= 0.6 is 0 Å². The van der Waals surface area contributed by atoms with Gasteiger partial charge in [-0.1, -0.05) is 6.92 Å². The van der Waals surface area contributed by atoms with E-state index in [1.807, 2.05) is 13.8 Å². The summed E-state index contributed by atoms with van der Waals surface area (Å²) in [5.41, 5.74) is 0. The lowest BCUT2D eigenvalue weighted by Gasteiger charge is -2.36. The molecule has 1 heterocycles. The van der Waals surface area contributed by atoms with Gasteiger partial charge in [-0.05, 0) is 39.8 Å². The van der Waals surface area contributed by atoms with Crippen LogP contribution in [0.1, 0.15) is 27.2 Å². The molecule has 3 unspecified atom stereocenters. The Kier molecular flexibility index (Phi) is 5.22. The van der Waals surface area contributed by atoms with Crippen molar-refractivity contribution in [2.45, 2.75) is 39.3 Å². The highest BCUT2D eigenvalue weighted by atomic mass is 16.2. The van der Waals surface area contributed by atoms with Crippen LogP contribution in [0.3, 0.4) is 0 Å². The number of piperidine rings is 1. The molecule has 1 aliphatic heterocycles. The smallest absolute Gasteiger partial charge is 0.236 e. The Morgan fingerprint density at radius 2 is 2.25 bits per heavy atom. The van der Waals surface area contributed by atoms with Crippen LogP contribution in [0, 0.1) is 5.92 Å². The van der Waals surface area contributed by atoms with E-state index in [0.29, 0.717) is 18.5 Å². The Balaban J connectivity index is 2.38. The first-order chi connectivity index (χ1) is 7.54. The number of carbonyl (C=O) groups is 1. The molecule has 3 atom stereocenters. The molecular weight excluding hydrogens is 202 g/mol. The van der Waals surface area contributed by atoms with Gasteiger partial charge in [-0.25, -0.2) is 0 Å². The highest BCUT2D eigenvalue weighted by molar-refractivity contribution is 5.81. The second-order valence-electron chi connectivity index (χ2n) is 4.92. The Bertz CT molecular complexity index is 232. The van der Waals surface area contributed by atoms with Crippen LogP contribution in [-0.2, 0) is 4.79 Å². The number of likely N-dealkylation sites (N-methyl/N-ethyl adjacent to an activating group) is 1. The molecule has 1 amide bonds. The molecule has 16 heavy (non-hydrogen) atoms. The van der Waals surface area contributed by atoms with E-state index in [4.69, 9.17) is 0 Å². The lowest BCUT2D eigenvalue weighted by Crippen LogP contribution is -2.53. The first kappa shape index (κ1) is 13.5. The van der Waals surface area contributed by atoms with Gasteiger partial charge in [0.15, 0.2) is 0 Å². The molecule has 0 radical (unpaired) electrons. The van der Waals surface area contributed by atoms with Gasteiger partial charge in [0.1, 0.15) is 0 Å². The van der Waals surface area contributed by atoms with Crippen molar-refractivity contribution in [3.63, 3.8) is 0 Å². The molecule has 0 aromatic heterocycles. The standard InChI is InChI=1S/C12H25N3O/c1-5-13-12(16)10(3)14-11-6-7-15(4)8-9(11)2/h9-11,14H,5-8H2,1-4H3,(H,13,16). The number of rotatable bonds is 4. The normalized spacial score (nSPS) is 28.8. The van der Waals surface area contributed by atoms with Crippen LogP contribution in [0.4, 0.5) is 0 Å². The van der Waals surface area contributed by atoms with Crippen molar-refractivity contribution >= 4 is 5.91 Å². The topological polar surface area (TPSA) is 44.4 Å². The number of carbonyl (C=O) groups excluding carboxylic acids is 1. The molecule has 1 aliphatic rings. The fourth-order valence-electron chi connectivity index (χ4n) is 2.33. The lowest BCUT2D eigenvalue weighted by atomic mass is 9.93. The molecule has 0 spiro atoms. The van der Waals surface area contributed by atoms with Crippen LogP contribution in [0.5, 0.6) is 0 Å². The van der Waals surface area contributed by atoms with Crippen LogP contribution in [0.15, 0.2) is 0 Å². The summed E-state index contributed by atoms with van der Waals surface area (Å²) in [7, 11) is 2.15. The van der Waals surface area contributed by atoms with Crippen molar-refractivity contribution < 1.29 is 4.79 Å². The number of hydrogen-bond acceptors (Lipinski definition) is 3. The quantitative estimate of drug-likeness (QED) is 0.732. The van der Waals surface area contributed by atoms with Gasteiger partial charge in [0.25, 0.3) is 0 Å². The molecular formula is C12H25N3O. The van der Waals surface area contributed by atoms with Crippen LogP contribution in [0.25, 0.3) is 0 Å². The first-order valence-electron chi connectivity index (χ1n) is 6.27. The molecule has 0 aromatic rings. The van der Waals surface area contributed by atoms with Gasteiger partial charge in [-0.2, -0.15) is 0 Å². The van der Waals surface area contributed by atoms with Crippen molar-refractivity contribution in [3.05, 3.63) is 0 Å². The van der Waals surface area contributed by atoms with Gasteiger partial charge in [0, 0.05) is 19.1 Å². The monoisotopic (exact) mass is 227 g/mol. The molecule has 1 fully saturated rings. The Morgan fingerprint density at radius 1 is 1.56 bits per heavy atom. The number of likely N-dealkylation sites (tertiary alicyclic amines) is 1. The van der Waals surface area contributed by atoms with Crippen molar-refractivity contribution in [1.29, 1.82) is 0 Å². The summed E-state index contributed by atoms with van der Waals surface area (Å²) in [5, 5.41) is 6.28. The van der Waals surface area contributed by atoms with E-state index in [1.54, 1.807) is 0 Å². The maximum atomic E-state index is 11.6. The minimum Gasteiger partial charge on any atom is -0.355 e. The average Bonchev–Trinajstić information content (AvgIpc) is 2.22. The summed E-state index contributed by atoms with van der Waals surface area (Å²) in [4.78, 5) is 14.0. The van der Waals surface area contributed by atoms with Crippen molar-refractivity contribution in [2.75, 3.05) is 26.7 Å². The maximum absolute atomic E-state index is 11.6. The maximum Gasteiger partial charge on any atom is 0.236 e. The van der Waals surface area contributed by atoms with Gasteiger partial charge in [-0.15, -0.1) is 0 Å². The summed E-state index contributed by atoms with van der Waals surface area (Å²) >= 11 is 0. The molecule has 1 saturated heterocycles. The zero-order valence-corrected chi connectivity index (χ0v) is 10.9. The van der Waals surface area contributed by atoms with Gasteiger partial charge >= 0.3 is 0 Å². The number of nitrogens with zero attached hydrogens (tertiary/aromatic N) is 1. The minimum absolute atomic E-state index is 0.0872. The zero-order chi connectivity index (χ0) is 12.1. The predicted molar refractivity (Wildman–Crippen MR) is 66.3 cm³/mol. The van der Waals surface area contributed by atoms with Crippen molar-refractivity contribution in [3.8, 4) is 0 Å². The van der Waals surface area contributed by atoms with Crippen LogP contribution in [0.2, 0.25) is 0 Å². The van der Waals surface area contributed by atoms with E-state index in [0.717, 1.165) is 19.5 Å². The molecule has 0 aliphatic carbocycles. The third-order valence-electron chi connectivity index (χ3n) is 3.32. The molecule has 0 aromatic carbocycles. The van der Waals surface area contributed by atoms with Gasteiger partial charge < -0.3 is 15.5 Å². The number of nitrogens with one attached hydrogen (secondary N) is 2. The highest BCUT2D eigenvalue weighted by Gasteiger charge is 2.26. The molecule has 4 nitrogen and oxygen atoms in total.